The van der Waals surface area contributed by atoms with Gasteiger partial charge in [0.25, 0.3) is 0 Å². The number of carbonyl (C=O) groups excluding carboxylic acids is 3. The van der Waals surface area contributed by atoms with Gasteiger partial charge in [-0.15, -0.1) is 0 Å². The lowest BCUT2D eigenvalue weighted by Gasteiger charge is -2.23. The van der Waals surface area contributed by atoms with Gasteiger partial charge in [0.05, 0.1) is 11.6 Å². The van der Waals surface area contributed by atoms with Gasteiger partial charge in [0, 0.05) is 23.0 Å². The van der Waals surface area contributed by atoms with E-state index in [4.69, 9.17) is 4.74 Å². The van der Waals surface area contributed by atoms with Crippen LogP contribution in [0.3, 0.4) is 0 Å². The highest BCUT2D eigenvalue weighted by Gasteiger charge is 2.24. The molecule has 1 unspecified atom stereocenters. The van der Waals surface area contributed by atoms with Gasteiger partial charge < -0.3 is 15.4 Å². The first-order valence-electron chi connectivity index (χ1n) is 9.53. The molecule has 1 rings (SSSR count). The first kappa shape index (κ1) is 24.1. The number of halogens is 1. The number of anilines is 1. The van der Waals surface area contributed by atoms with Crippen LogP contribution >= 0.6 is 15.9 Å². The van der Waals surface area contributed by atoms with Crippen LogP contribution in [0.1, 0.15) is 64.7 Å². The van der Waals surface area contributed by atoms with Gasteiger partial charge in [-0.1, -0.05) is 36.7 Å². The van der Waals surface area contributed by atoms with Gasteiger partial charge in [-0.3, -0.25) is 9.59 Å². The quantitative estimate of drug-likeness (QED) is 0.530. The Labute approximate surface area is 175 Å². The summed E-state index contributed by atoms with van der Waals surface area (Å²) in [7, 11) is 0. The number of ketones is 1. The molecule has 0 saturated carbocycles. The molecule has 0 aliphatic carbocycles. The van der Waals surface area contributed by atoms with Crippen LogP contribution in [0.15, 0.2) is 22.7 Å². The summed E-state index contributed by atoms with van der Waals surface area (Å²) in [6, 6.07) is 5.19. The van der Waals surface area contributed by atoms with Crippen molar-refractivity contribution >= 4 is 39.4 Å². The van der Waals surface area contributed by atoms with E-state index in [1.54, 1.807) is 45.9 Å². The normalized spacial score (nSPS) is 12.4. The van der Waals surface area contributed by atoms with Crippen molar-refractivity contribution in [3.8, 4) is 0 Å². The van der Waals surface area contributed by atoms with Crippen molar-refractivity contribution in [2.45, 2.75) is 60.0 Å². The highest BCUT2D eigenvalue weighted by atomic mass is 79.9. The van der Waals surface area contributed by atoms with E-state index in [1.165, 1.54) is 0 Å². The predicted octanol–water partition coefficient (Wildman–Crippen LogP) is 5.17. The largest absolute Gasteiger partial charge is 0.444 e. The molecular weight excluding hydrogens is 424 g/mol. The first-order valence-corrected chi connectivity index (χ1v) is 10.3. The average molecular weight is 455 g/mol. The van der Waals surface area contributed by atoms with E-state index < -0.39 is 17.6 Å². The topological polar surface area (TPSA) is 84.5 Å². The number of hydrogen-bond donors (Lipinski definition) is 2. The number of nitrogens with one attached hydrogen (secondary N) is 2. The minimum absolute atomic E-state index is 0.0520. The molecule has 1 aromatic rings. The molecule has 0 fully saturated rings. The zero-order chi connectivity index (χ0) is 21.5. The van der Waals surface area contributed by atoms with Crippen molar-refractivity contribution in [1.29, 1.82) is 0 Å². The van der Waals surface area contributed by atoms with E-state index in [9.17, 15) is 14.4 Å². The SMILES string of the molecule is CCC(=O)c1cc(Br)ccc1NC(=O)C(CNC(=O)OC(C)(C)C)CC(C)C. The maximum absolute atomic E-state index is 12.9. The molecule has 0 heterocycles. The number of Topliss-reactive ketones (excluding diaryl/α,β-unsaturated/α-hetero) is 1. The summed E-state index contributed by atoms with van der Waals surface area (Å²) >= 11 is 3.36. The molecule has 156 valence electrons. The standard InChI is InChI=1S/C21H31BrN2O4/c1-7-18(25)16-11-15(22)8-9-17(16)24-19(26)14(10-13(2)3)12-23-20(27)28-21(4,5)6/h8-9,11,13-14H,7,10,12H2,1-6H3,(H,23,27)(H,24,26). The van der Waals surface area contributed by atoms with Crippen molar-refractivity contribution in [3.05, 3.63) is 28.2 Å². The number of hydrogen-bond acceptors (Lipinski definition) is 4. The smallest absolute Gasteiger partial charge is 0.407 e. The van der Waals surface area contributed by atoms with Crippen molar-refractivity contribution in [3.63, 3.8) is 0 Å². The summed E-state index contributed by atoms with van der Waals surface area (Å²) in [4.78, 5) is 37.0. The van der Waals surface area contributed by atoms with E-state index >= 15 is 0 Å². The van der Waals surface area contributed by atoms with Gasteiger partial charge in [-0.2, -0.15) is 0 Å². The fourth-order valence-electron chi connectivity index (χ4n) is 2.65. The molecule has 1 atom stereocenters. The molecule has 0 aromatic heterocycles. The fourth-order valence-corrected chi connectivity index (χ4v) is 3.02. The van der Waals surface area contributed by atoms with Crippen LogP contribution < -0.4 is 10.6 Å². The number of ether oxygens (including phenoxy) is 1. The van der Waals surface area contributed by atoms with E-state index in [0.717, 1.165) is 4.47 Å². The number of alkyl carbamates (subject to hydrolysis) is 1. The highest BCUT2D eigenvalue weighted by Crippen LogP contribution is 2.24. The molecule has 2 N–H and O–H groups in total. The summed E-state index contributed by atoms with van der Waals surface area (Å²) in [5.74, 6) is -0.472. The van der Waals surface area contributed by atoms with Crippen LogP contribution in [-0.4, -0.2) is 29.9 Å². The van der Waals surface area contributed by atoms with E-state index in [-0.39, 0.29) is 24.2 Å². The van der Waals surface area contributed by atoms with Gasteiger partial charge in [0.15, 0.2) is 5.78 Å². The molecule has 28 heavy (non-hydrogen) atoms. The van der Waals surface area contributed by atoms with Gasteiger partial charge >= 0.3 is 6.09 Å². The predicted molar refractivity (Wildman–Crippen MR) is 115 cm³/mol. The number of benzene rings is 1. The van der Waals surface area contributed by atoms with Crippen LogP contribution in [0.2, 0.25) is 0 Å². The van der Waals surface area contributed by atoms with Crippen LogP contribution in [0, 0.1) is 11.8 Å². The van der Waals surface area contributed by atoms with Crippen LogP contribution in [0.25, 0.3) is 0 Å². The Bertz CT molecular complexity index is 711. The second kappa shape index (κ2) is 10.6. The number of carbonyl (C=O) groups is 3. The third kappa shape index (κ3) is 8.42. The Hall–Kier alpha value is -1.89. The summed E-state index contributed by atoms with van der Waals surface area (Å²) < 4.78 is 6.01. The number of amides is 2. The summed E-state index contributed by atoms with van der Waals surface area (Å²) in [5, 5.41) is 5.53. The van der Waals surface area contributed by atoms with Crippen molar-refractivity contribution in [2.24, 2.45) is 11.8 Å². The zero-order valence-corrected chi connectivity index (χ0v) is 19.1. The maximum Gasteiger partial charge on any atom is 0.407 e. The third-order valence-electron chi connectivity index (χ3n) is 3.88. The lowest BCUT2D eigenvalue weighted by Crippen LogP contribution is -2.39. The molecule has 0 bridgehead atoms. The Morgan fingerprint density at radius 2 is 1.82 bits per heavy atom. The lowest BCUT2D eigenvalue weighted by molar-refractivity contribution is -0.120. The number of rotatable bonds is 8. The van der Waals surface area contributed by atoms with Crippen molar-refractivity contribution in [2.75, 3.05) is 11.9 Å². The van der Waals surface area contributed by atoms with E-state index in [1.807, 2.05) is 13.8 Å². The van der Waals surface area contributed by atoms with E-state index in [2.05, 4.69) is 26.6 Å². The van der Waals surface area contributed by atoms with Crippen LogP contribution in [0.5, 0.6) is 0 Å². The van der Waals surface area contributed by atoms with Gasteiger partial charge in [0.1, 0.15) is 5.60 Å². The molecule has 6 nitrogen and oxygen atoms in total. The molecule has 0 radical (unpaired) electrons. The van der Waals surface area contributed by atoms with Crippen LogP contribution in [0.4, 0.5) is 10.5 Å². The third-order valence-corrected chi connectivity index (χ3v) is 4.37. The molecule has 7 heteroatoms. The Morgan fingerprint density at radius 3 is 2.36 bits per heavy atom. The van der Waals surface area contributed by atoms with Crippen molar-refractivity contribution < 1.29 is 19.1 Å². The minimum Gasteiger partial charge on any atom is -0.444 e. The second-order valence-electron chi connectivity index (χ2n) is 8.17. The minimum atomic E-state index is -0.604. The molecule has 0 aliphatic rings. The molecule has 2 amide bonds. The second-order valence-corrected chi connectivity index (χ2v) is 9.08. The lowest BCUT2D eigenvalue weighted by atomic mass is 9.95. The molecule has 0 aliphatic heterocycles. The molecule has 0 spiro atoms. The zero-order valence-electron chi connectivity index (χ0n) is 17.5. The average Bonchev–Trinajstić information content (AvgIpc) is 2.57. The summed E-state index contributed by atoms with van der Waals surface area (Å²) in [6.45, 7) is 11.3. The molecule has 0 saturated heterocycles. The van der Waals surface area contributed by atoms with Gasteiger partial charge in [-0.25, -0.2) is 4.79 Å². The van der Waals surface area contributed by atoms with Gasteiger partial charge in [0.2, 0.25) is 5.91 Å². The van der Waals surface area contributed by atoms with E-state index in [0.29, 0.717) is 24.1 Å². The maximum atomic E-state index is 12.9. The Kier molecular flexibility index (Phi) is 9.14. The highest BCUT2D eigenvalue weighted by molar-refractivity contribution is 9.10. The Balaban J connectivity index is 2.91. The molecular formula is C21H31BrN2O4. The van der Waals surface area contributed by atoms with Crippen molar-refractivity contribution in [1.82, 2.24) is 5.32 Å². The fraction of sp³-hybridized carbons (Fsp3) is 0.571. The summed E-state index contributed by atoms with van der Waals surface area (Å²) in [5.41, 5.74) is 0.340. The monoisotopic (exact) mass is 454 g/mol. The molecule has 1 aromatic carbocycles. The Morgan fingerprint density at radius 1 is 1.18 bits per heavy atom. The van der Waals surface area contributed by atoms with Gasteiger partial charge in [-0.05, 0) is 51.3 Å². The van der Waals surface area contributed by atoms with Crippen LogP contribution in [-0.2, 0) is 9.53 Å². The summed E-state index contributed by atoms with van der Waals surface area (Å²) in [6.07, 6.45) is 0.379. The first-order chi connectivity index (χ1) is 12.9.